The first-order chi connectivity index (χ1) is 10.2. The zero-order valence-corrected chi connectivity index (χ0v) is 13.2. The third-order valence-electron chi connectivity index (χ3n) is 4.08. The number of fused-ring (bicyclic) bond motifs is 1. The molecule has 1 atom stereocenters. The van der Waals surface area contributed by atoms with Crippen molar-refractivity contribution in [2.24, 2.45) is 0 Å². The van der Waals surface area contributed by atoms with Gasteiger partial charge in [-0.05, 0) is 48.9 Å². The number of carbonyl (C=O) groups is 1. The lowest BCUT2D eigenvalue weighted by molar-refractivity contribution is -0.119. The average Bonchev–Trinajstić information content (AvgIpc) is 2.80. The molecule has 0 aliphatic carbocycles. The Hall–Kier alpha value is -1.74. The fraction of sp³-hybridized carbons (Fsp3) is 0.278. The Balaban J connectivity index is 1.89. The number of likely N-dealkylation sites (N-methyl/N-ethyl adjacent to an activating group) is 1. The molecule has 1 heterocycles. The van der Waals surface area contributed by atoms with Crippen LogP contribution in [-0.2, 0) is 11.2 Å². The van der Waals surface area contributed by atoms with Crippen molar-refractivity contribution in [3.8, 4) is 0 Å². The predicted octanol–water partition coefficient (Wildman–Crippen LogP) is 4.10. The maximum Gasteiger partial charge on any atom is 0.234 e. The lowest BCUT2D eigenvalue weighted by Crippen LogP contribution is -2.29. The molecule has 0 bridgehead atoms. The number of amides is 1. The van der Waals surface area contributed by atoms with Crippen molar-refractivity contribution >= 4 is 23.4 Å². The maximum atomic E-state index is 12.6. The lowest BCUT2D eigenvalue weighted by atomic mass is 9.93. The number of para-hydroxylation sites is 1. The normalized spacial score (nSPS) is 17.1. The molecule has 3 rings (SSSR count). The van der Waals surface area contributed by atoms with Gasteiger partial charge in [-0.15, -0.1) is 11.8 Å². The van der Waals surface area contributed by atoms with Crippen molar-refractivity contribution < 1.29 is 4.79 Å². The van der Waals surface area contributed by atoms with Crippen molar-refractivity contribution in [3.63, 3.8) is 0 Å². The van der Waals surface area contributed by atoms with Gasteiger partial charge in [0.05, 0.1) is 5.92 Å². The molecule has 1 aliphatic heterocycles. The first-order valence-electron chi connectivity index (χ1n) is 7.27. The number of nitrogens with zero attached hydrogens (tertiary/aromatic N) is 1. The third-order valence-corrected chi connectivity index (χ3v) is 4.83. The number of hydrogen-bond acceptors (Lipinski definition) is 2. The zero-order valence-electron chi connectivity index (χ0n) is 12.4. The summed E-state index contributed by atoms with van der Waals surface area (Å²) in [6.07, 6.45) is 2.85. The summed E-state index contributed by atoms with van der Waals surface area (Å²) in [6, 6.07) is 16.7. The van der Waals surface area contributed by atoms with Crippen LogP contribution in [0.3, 0.4) is 0 Å². The third kappa shape index (κ3) is 2.58. The van der Waals surface area contributed by atoms with Crippen LogP contribution in [0.1, 0.15) is 24.0 Å². The van der Waals surface area contributed by atoms with Crippen LogP contribution >= 0.6 is 11.8 Å². The summed E-state index contributed by atoms with van der Waals surface area (Å²) in [6.45, 7) is 2.77. The van der Waals surface area contributed by atoms with Crippen LogP contribution in [0.5, 0.6) is 0 Å². The van der Waals surface area contributed by atoms with E-state index in [0.717, 1.165) is 18.7 Å². The van der Waals surface area contributed by atoms with Crippen LogP contribution in [0.15, 0.2) is 53.4 Å². The molecular weight excluding hydrogens is 278 g/mol. The van der Waals surface area contributed by atoms with Gasteiger partial charge in [0.15, 0.2) is 0 Å². The van der Waals surface area contributed by atoms with Gasteiger partial charge in [0.1, 0.15) is 0 Å². The second-order valence-corrected chi connectivity index (χ2v) is 6.13. The van der Waals surface area contributed by atoms with Gasteiger partial charge >= 0.3 is 0 Å². The van der Waals surface area contributed by atoms with Crippen molar-refractivity contribution in [1.82, 2.24) is 0 Å². The van der Waals surface area contributed by atoms with Crippen LogP contribution in [0.25, 0.3) is 0 Å². The highest BCUT2D eigenvalue weighted by molar-refractivity contribution is 7.98. The quantitative estimate of drug-likeness (QED) is 0.792. The fourth-order valence-corrected chi connectivity index (χ4v) is 3.40. The minimum Gasteiger partial charge on any atom is -0.312 e. The van der Waals surface area contributed by atoms with E-state index in [2.05, 4.69) is 36.6 Å². The van der Waals surface area contributed by atoms with Gasteiger partial charge in [-0.25, -0.2) is 0 Å². The van der Waals surface area contributed by atoms with E-state index in [4.69, 9.17) is 0 Å². The Bertz CT molecular complexity index is 651. The van der Waals surface area contributed by atoms with E-state index >= 15 is 0 Å². The molecule has 2 aromatic carbocycles. The summed E-state index contributed by atoms with van der Waals surface area (Å²) >= 11 is 1.74. The SMILES string of the molecule is CCN1C(=O)[C@@H](Cc2ccc(SC)cc2)c2ccccc21. The van der Waals surface area contributed by atoms with E-state index in [1.807, 2.05) is 30.0 Å². The molecule has 3 heteroatoms. The van der Waals surface area contributed by atoms with Crippen molar-refractivity contribution in [2.75, 3.05) is 17.7 Å². The lowest BCUT2D eigenvalue weighted by Gasteiger charge is -2.15. The maximum absolute atomic E-state index is 12.6. The molecule has 1 amide bonds. The molecule has 2 aromatic rings. The Kier molecular flexibility index (Phi) is 4.02. The van der Waals surface area contributed by atoms with Crippen LogP contribution in [0, 0.1) is 0 Å². The number of hydrogen-bond donors (Lipinski definition) is 0. The highest BCUT2D eigenvalue weighted by Crippen LogP contribution is 2.38. The molecule has 0 fully saturated rings. The number of anilines is 1. The summed E-state index contributed by atoms with van der Waals surface area (Å²) in [4.78, 5) is 15.8. The molecular formula is C18H19NOS. The molecule has 0 saturated heterocycles. The first-order valence-corrected chi connectivity index (χ1v) is 8.50. The Morgan fingerprint density at radius 2 is 1.81 bits per heavy atom. The van der Waals surface area contributed by atoms with E-state index in [1.54, 1.807) is 11.8 Å². The van der Waals surface area contributed by atoms with Gasteiger partial charge in [-0.2, -0.15) is 0 Å². The van der Waals surface area contributed by atoms with Gasteiger partial charge in [0, 0.05) is 17.1 Å². The molecule has 0 radical (unpaired) electrons. The standard InChI is InChI=1S/C18H19NOS/c1-3-19-17-7-5-4-6-15(17)16(18(19)20)12-13-8-10-14(21-2)11-9-13/h4-11,16H,3,12H2,1-2H3/t16-/m0/s1. The topological polar surface area (TPSA) is 20.3 Å². The second kappa shape index (κ2) is 5.94. The number of rotatable bonds is 4. The van der Waals surface area contributed by atoms with E-state index in [1.165, 1.54) is 16.0 Å². The predicted molar refractivity (Wildman–Crippen MR) is 89.1 cm³/mol. The largest absolute Gasteiger partial charge is 0.312 e. The molecule has 1 aliphatic rings. The molecule has 2 nitrogen and oxygen atoms in total. The van der Waals surface area contributed by atoms with Crippen LogP contribution in [0.2, 0.25) is 0 Å². The number of benzene rings is 2. The summed E-state index contributed by atoms with van der Waals surface area (Å²) in [7, 11) is 0. The summed E-state index contributed by atoms with van der Waals surface area (Å²) < 4.78 is 0. The number of thioether (sulfide) groups is 1. The van der Waals surface area contributed by atoms with Gasteiger partial charge in [-0.1, -0.05) is 30.3 Å². The van der Waals surface area contributed by atoms with Crippen molar-refractivity contribution in [1.29, 1.82) is 0 Å². The Labute approximate surface area is 130 Å². The monoisotopic (exact) mass is 297 g/mol. The van der Waals surface area contributed by atoms with Crippen LogP contribution < -0.4 is 4.90 Å². The zero-order chi connectivity index (χ0) is 14.8. The number of carbonyl (C=O) groups excluding carboxylic acids is 1. The van der Waals surface area contributed by atoms with Gasteiger partial charge in [0.2, 0.25) is 5.91 Å². The second-order valence-electron chi connectivity index (χ2n) is 5.25. The van der Waals surface area contributed by atoms with E-state index in [0.29, 0.717) is 0 Å². The van der Waals surface area contributed by atoms with Crippen LogP contribution in [0.4, 0.5) is 5.69 Å². The van der Waals surface area contributed by atoms with Crippen molar-refractivity contribution in [2.45, 2.75) is 24.2 Å². The molecule has 0 saturated carbocycles. The molecule has 108 valence electrons. The van der Waals surface area contributed by atoms with Gasteiger partial charge in [0.25, 0.3) is 0 Å². The summed E-state index contributed by atoms with van der Waals surface area (Å²) in [5, 5.41) is 0. The smallest absolute Gasteiger partial charge is 0.234 e. The van der Waals surface area contributed by atoms with E-state index < -0.39 is 0 Å². The van der Waals surface area contributed by atoms with E-state index in [-0.39, 0.29) is 11.8 Å². The first kappa shape index (κ1) is 14.2. The van der Waals surface area contributed by atoms with E-state index in [9.17, 15) is 4.79 Å². The molecule has 0 unspecified atom stereocenters. The van der Waals surface area contributed by atoms with Crippen molar-refractivity contribution in [3.05, 3.63) is 59.7 Å². The Morgan fingerprint density at radius 1 is 1.10 bits per heavy atom. The molecule has 0 spiro atoms. The molecule has 0 aromatic heterocycles. The van der Waals surface area contributed by atoms with Gasteiger partial charge in [-0.3, -0.25) is 4.79 Å². The Morgan fingerprint density at radius 3 is 2.48 bits per heavy atom. The van der Waals surface area contributed by atoms with Gasteiger partial charge < -0.3 is 4.90 Å². The minimum absolute atomic E-state index is 0.0405. The highest BCUT2D eigenvalue weighted by Gasteiger charge is 2.35. The fourth-order valence-electron chi connectivity index (χ4n) is 2.99. The molecule has 21 heavy (non-hydrogen) atoms. The minimum atomic E-state index is -0.0405. The highest BCUT2D eigenvalue weighted by atomic mass is 32.2. The summed E-state index contributed by atoms with van der Waals surface area (Å²) in [5.41, 5.74) is 3.47. The molecule has 0 N–H and O–H groups in total. The average molecular weight is 297 g/mol. The van der Waals surface area contributed by atoms with Crippen LogP contribution in [-0.4, -0.2) is 18.7 Å². The summed E-state index contributed by atoms with van der Waals surface area (Å²) in [5.74, 6) is 0.189.